The maximum absolute atomic E-state index is 5.46. The molecule has 0 spiro atoms. The summed E-state index contributed by atoms with van der Waals surface area (Å²) < 4.78 is 15.0. The molecule has 2 unspecified atom stereocenters. The van der Waals surface area contributed by atoms with E-state index in [-0.39, 0.29) is 6.10 Å². The van der Waals surface area contributed by atoms with Crippen LogP contribution in [0.4, 0.5) is 0 Å². The topological polar surface area (TPSA) is 34.3 Å². The Bertz CT molecular complexity index is 154. The Morgan fingerprint density at radius 3 is 2.45 bits per heavy atom. The summed E-state index contributed by atoms with van der Waals surface area (Å²) in [6.45, 7) is 2.19. The van der Waals surface area contributed by atoms with E-state index in [1.54, 1.807) is 0 Å². The zero-order chi connectivity index (χ0) is 7.90. The summed E-state index contributed by atoms with van der Waals surface area (Å²) in [7, 11) is 0. The monoisotopic (exact) mass is 286 g/mol. The molecule has 2 saturated heterocycles. The highest BCUT2D eigenvalue weighted by atomic mass is 79.9. The minimum atomic E-state index is -0.494. The minimum Gasteiger partial charge on any atom is -0.371 e. The summed E-state index contributed by atoms with van der Waals surface area (Å²) in [6.07, 6.45) is 0.435. The SMILES string of the molecule is BrC(Br)(OCC1CO1)C1CO1. The van der Waals surface area contributed by atoms with Crippen molar-refractivity contribution in [3.63, 3.8) is 0 Å². The van der Waals surface area contributed by atoms with Crippen LogP contribution in [0.1, 0.15) is 0 Å². The quantitative estimate of drug-likeness (QED) is 0.576. The van der Waals surface area contributed by atoms with E-state index in [4.69, 9.17) is 14.2 Å². The first-order valence-corrected chi connectivity index (χ1v) is 5.02. The van der Waals surface area contributed by atoms with Crippen LogP contribution >= 0.6 is 31.9 Å². The molecule has 0 saturated carbocycles. The fourth-order valence-electron chi connectivity index (χ4n) is 0.703. The van der Waals surface area contributed by atoms with Crippen LogP contribution in [0.5, 0.6) is 0 Å². The normalized spacial score (nSPS) is 35.5. The van der Waals surface area contributed by atoms with Crippen molar-refractivity contribution in [2.75, 3.05) is 19.8 Å². The third kappa shape index (κ3) is 2.39. The molecule has 0 amide bonds. The van der Waals surface area contributed by atoms with Crippen LogP contribution in [-0.2, 0) is 14.2 Å². The van der Waals surface area contributed by atoms with Gasteiger partial charge in [-0.1, -0.05) is 0 Å². The van der Waals surface area contributed by atoms with Gasteiger partial charge in [0.1, 0.15) is 12.2 Å². The second-order valence-electron chi connectivity index (χ2n) is 2.65. The Morgan fingerprint density at radius 1 is 1.36 bits per heavy atom. The highest BCUT2D eigenvalue weighted by Gasteiger charge is 2.45. The summed E-state index contributed by atoms with van der Waals surface area (Å²) in [5, 5.41) is 0. The van der Waals surface area contributed by atoms with Crippen molar-refractivity contribution in [2.45, 2.75) is 15.6 Å². The Balaban J connectivity index is 1.72. The molecule has 0 aromatic carbocycles. The second-order valence-corrected chi connectivity index (χ2v) is 6.07. The first-order chi connectivity index (χ1) is 5.18. The van der Waals surface area contributed by atoms with Gasteiger partial charge in [0, 0.05) is 0 Å². The molecule has 0 bridgehead atoms. The maximum Gasteiger partial charge on any atom is 0.206 e. The molecule has 64 valence electrons. The molecule has 2 rings (SSSR count). The molecule has 0 aliphatic carbocycles. The lowest BCUT2D eigenvalue weighted by Crippen LogP contribution is -2.25. The smallest absolute Gasteiger partial charge is 0.206 e. The third-order valence-corrected chi connectivity index (χ3v) is 3.05. The molecule has 2 heterocycles. The third-order valence-electron chi connectivity index (χ3n) is 1.57. The Hall–Kier alpha value is 0.840. The lowest BCUT2D eigenvalue weighted by atomic mass is 10.5. The standard InChI is InChI=1S/C6H8Br2O3/c7-6(8,5-3-10-5)11-2-4-1-9-4/h4-5H,1-3H2. The van der Waals surface area contributed by atoms with Gasteiger partial charge in [0.15, 0.2) is 0 Å². The summed E-state index contributed by atoms with van der Waals surface area (Å²) >= 11 is 6.76. The van der Waals surface area contributed by atoms with Crippen LogP contribution < -0.4 is 0 Å². The van der Waals surface area contributed by atoms with Crippen molar-refractivity contribution in [2.24, 2.45) is 0 Å². The van der Waals surface area contributed by atoms with E-state index in [1.165, 1.54) is 0 Å². The number of alkyl halides is 2. The van der Waals surface area contributed by atoms with E-state index in [9.17, 15) is 0 Å². The highest BCUT2D eigenvalue weighted by molar-refractivity contribution is 9.25. The minimum absolute atomic E-state index is 0.140. The molecule has 11 heavy (non-hydrogen) atoms. The number of rotatable bonds is 4. The van der Waals surface area contributed by atoms with Crippen LogP contribution in [0, 0.1) is 0 Å². The van der Waals surface area contributed by atoms with Gasteiger partial charge in [-0.05, 0) is 31.9 Å². The van der Waals surface area contributed by atoms with Crippen molar-refractivity contribution in [3.8, 4) is 0 Å². The van der Waals surface area contributed by atoms with Crippen molar-refractivity contribution in [3.05, 3.63) is 0 Å². The summed E-state index contributed by atoms with van der Waals surface area (Å²) in [5.74, 6) is 0. The number of halogens is 2. The summed E-state index contributed by atoms with van der Waals surface area (Å²) in [5.41, 5.74) is 0. The highest BCUT2D eigenvalue weighted by Crippen LogP contribution is 2.40. The molecule has 2 aliphatic heterocycles. The van der Waals surface area contributed by atoms with E-state index in [1.807, 2.05) is 0 Å². The first kappa shape index (κ1) is 8.44. The van der Waals surface area contributed by atoms with Crippen molar-refractivity contribution < 1.29 is 14.2 Å². The van der Waals surface area contributed by atoms with Gasteiger partial charge in [0.2, 0.25) is 3.42 Å². The molecule has 3 nitrogen and oxygen atoms in total. The van der Waals surface area contributed by atoms with Gasteiger partial charge in [-0.25, -0.2) is 0 Å². The number of hydrogen-bond donors (Lipinski definition) is 0. The summed E-state index contributed by atoms with van der Waals surface area (Å²) in [4.78, 5) is 0. The maximum atomic E-state index is 5.46. The van der Waals surface area contributed by atoms with Gasteiger partial charge < -0.3 is 14.2 Å². The molecular weight excluding hydrogens is 280 g/mol. The fraction of sp³-hybridized carbons (Fsp3) is 1.00. The Labute approximate surface area is 81.6 Å². The molecule has 0 radical (unpaired) electrons. The molecular formula is C6H8Br2O3. The van der Waals surface area contributed by atoms with E-state index < -0.39 is 3.42 Å². The predicted octanol–water partition coefficient (Wildman–Crippen LogP) is 1.24. The molecule has 0 aromatic heterocycles. The van der Waals surface area contributed by atoms with Crippen molar-refractivity contribution >= 4 is 31.9 Å². The number of ether oxygens (including phenoxy) is 3. The zero-order valence-electron chi connectivity index (χ0n) is 5.76. The van der Waals surface area contributed by atoms with Crippen LogP contribution in [-0.4, -0.2) is 35.4 Å². The van der Waals surface area contributed by atoms with Gasteiger partial charge in [0.25, 0.3) is 0 Å². The zero-order valence-corrected chi connectivity index (χ0v) is 8.93. The average Bonchev–Trinajstić information content (AvgIpc) is 2.79. The lowest BCUT2D eigenvalue weighted by Gasteiger charge is -2.17. The lowest BCUT2D eigenvalue weighted by molar-refractivity contribution is 0.0663. The van der Waals surface area contributed by atoms with Gasteiger partial charge in [-0.3, -0.25) is 0 Å². The fourth-order valence-corrected chi connectivity index (χ4v) is 1.50. The molecule has 0 aromatic rings. The van der Waals surface area contributed by atoms with Crippen molar-refractivity contribution in [1.82, 2.24) is 0 Å². The molecule has 2 atom stereocenters. The molecule has 0 N–H and O–H groups in total. The average molecular weight is 288 g/mol. The first-order valence-electron chi connectivity index (χ1n) is 3.43. The largest absolute Gasteiger partial charge is 0.371 e. The van der Waals surface area contributed by atoms with Gasteiger partial charge in [-0.15, -0.1) is 0 Å². The molecule has 5 heteroatoms. The van der Waals surface area contributed by atoms with Gasteiger partial charge in [0.05, 0.1) is 19.8 Å². The van der Waals surface area contributed by atoms with E-state index >= 15 is 0 Å². The van der Waals surface area contributed by atoms with Gasteiger partial charge >= 0.3 is 0 Å². The molecule has 2 fully saturated rings. The van der Waals surface area contributed by atoms with Crippen LogP contribution in [0.3, 0.4) is 0 Å². The molecule has 2 aliphatic rings. The van der Waals surface area contributed by atoms with Gasteiger partial charge in [-0.2, -0.15) is 0 Å². The predicted molar refractivity (Wildman–Crippen MR) is 46.0 cm³/mol. The Kier molecular flexibility index (Phi) is 2.27. The number of epoxide rings is 2. The van der Waals surface area contributed by atoms with Crippen molar-refractivity contribution in [1.29, 1.82) is 0 Å². The van der Waals surface area contributed by atoms with Crippen LogP contribution in [0.25, 0.3) is 0 Å². The Morgan fingerprint density at radius 2 is 2.00 bits per heavy atom. The number of hydrogen-bond acceptors (Lipinski definition) is 3. The summed E-state index contributed by atoms with van der Waals surface area (Å²) in [6, 6.07) is 0. The van der Waals surface area contributed by atoms with E-state index in [0.29, 0.717) is 12.7 Å². The van der Waals surface area contributed by atoms with Crippen LogP contribution in [0.15, 0.2) is 0 Å². The second kappa shape index (κ2) is 2.96. The van der Waals surface area contributed by atoms with Crippen LogP contribution in [0.2, 0.25) is 0 Å². The van der Waals surface area contributed by atoms with E-state index in [0.717, 1.165) is 13.2 Å². The van der Waals surface area contributed by atoms with E-state index in [2.05, 4.69) is 31.9 Å².